The molecule has 7 nitrogen and oxygen atoms in total. The predicted octanol–water partition coefficient (Wildman–Crippen LogP) is 10.7. The lowest BCUT2D eigenvalue weighted by molar-refractivity contribution is 0.425. The van der Waals surface area contributed by atoms with Gasteiger partial charge < -0.3 is 15.2 Å². The molecule has 0 amide bonds. The molecule has 0 radical (unpaired) electrons. The van der Waals surface area contributed by atoms with Gasteiger partial charge in [-0.05, 0) is 60.6 Å². The third-order valence-electron chi connectivity index (χ3n) is 8.58. The highest BCUT2D eigenvalue weighted by Gasteiger charge is 2.10. The summed E-state index contributed by atoms with van der Waals surface area (Å²) in [5.74, 6) is 2.22. The monoisotopic (exact) mass is 754 g/mol. The average molecular weight is 756 g/mol. The molecule has 0 bridgehead atoms. The average Bonchev–Trinajstić information content (AvgIpc) is 3.19. The highest BCUT2D eigenvalue weighted by atomic mass is 35.5. The van der Waals surface area contributed by atoms with Crippen LogP contribution >= 0.6 is 24.8 Å². The van der Waals surface area contributed by atoms with Crippen LogP contribution in [-0.4, -0.2) is 52.0 Å². The van der Waals surface area contributed by atoms with Gasteiger partial charge in [-0.25, -0.2) is 15.0 Å². The van der Waals surface area contributed by atoms with E-state index in [9.17, 15) is 4.79 Å². The van der Waals surface area contributed by atoms with Crippen LogP contribution in [0.4, 0.5) is 5.82 Å². The van der Waals surface area contributed by atoms with Gasteiger partial charge in [0.05, 0.1) is 16.4 Å². The van der Waals surface area contributed by atoms with Gasteiger partial charge in [0, 0.05) is 29.6 Å². The van der Waals surface area contributed by atoms with Gasteiger partial charge in [-0.1, -0.05) is 141 Å². The van der Waals surface area contributed by atoms with E-state index in [-0.39, 0.29) is 37.8 Å². The number of anilines is 1. The van der Waals surface area contributed by atoms with E-state index >= 15 is 0 Å². The number of nitrogens with zero attached hydrogens (tertiary/aromatic N) is 4. The highest BCUT2D eigenvalue weighted by molar-refractivity contribution is 5.90. The van der Waals surface area contributed by atoms with E-state index in [1.807, 2.05) is 84.9 Å². The number of aromatic nitrogens is 4. The summed E-state index contributed by atoms with van der Waals surface area (Å²) in [6.45, 7) is 1.78. The molecule has 0 spiro atoms. The van der Waals surface area contributed by atoms with Crippen LogP contribution < -0.4 is 10.9 Å². The van der Waals surface area contributed by atoms with E-state index in [4.69, 9.17) is 9.97 Å². The van der Waals surface area contributed by atoms with E-state index in [1.165, 1.54) is 16.7 Å². The maximum Gasteiger partial charge on any atom is 0.259 e. The van der Waals surface area contributed by atoms with Crippen molar-refractivity contribution in [3.63, 3.8) is 0 Å². The van der Waals surface area contributed by atoms with Gasteiger partial charge in [-0.15, -0.1) is 24.8 Å². The summed E-state index contributed by atoms with van der Waals surface area (Å²) in [4.78, 5) is 31.4. The third-order valence-corrected chi connectivity index (χ3v) is 8.58. The quantitative estimate of drug-likeness (QED) is 0.161. The largest absolute Gasteiger partial charge is 0.368 e. The summed E-state index contributed by atoms with van der Waals surface area (Å²) >= 11 is 0. The Morgan fingerprint density at radius 3 is 1.52 bits per heavy atom. The molecule has 2 N–H and O–H groups in total. The first-order valence-electron chi connectivity index (χ1n) is 17.0. The Hall–Kier alpha value is -5.86. The molecule has 0 fully saturated rings. The van der Waals surface area contributed by atoms with Gasteiger partial charge in [-0.3, -0.25) is 4.79 Å². The standard InChI is InChI=1S/C24H24N4.C20H14N2O.CH4.2ClH/c1-28(2)17-16-25-24-21-10-6-7-11-22(21)26-23(27-24)20-14-12-19(13-15-20)18-8-4-3-5-9-18;23-20-17-8-4-5-9-18(17)21-19(22-20)16-12-10-15(11-13-16)14-6-2-1-3-7-14;;;/h3-15H,16-17H2,1-2H3,(H,25,26,27);1-13H,(H,21,22,23);1H4;2*1H. The lowest BCUT2D eigenvalue weighted by Crippen LogP contribution is -2.21. The molecular weight excluding hydrogens is 711 g/mol. The minimum atomic E-state index is -0.113. The lowest BCUT2D eigenvalue weighted by Gasteiger charge is -2.13. The molecular formula is C45H44Cl2N6O. The van der Waals surface area contributed by atoms with Crippen LogP contribution in [0.1, 0.15) is 7.43 Å². The minimum Gasteiger partial charge on any atom is -0.368 e. The summed E-state index contributed by atoms with van der Waals surface area (Å²) in [7, 11) is 4.14. The molecule has 0 saturated heterocycles. The van der Waals surface area contributed by atoms with Gasteiger partial charge in [-0.2, -0.15) is 0 Å². The minimum absolute atomic E-state index is 0. The Morgan fingerprint density at radius 2 is 0.963 bits per heavy atom. The molecule has 54 heavy (non-hydrogen) atoms. The third kappa shape index (κ3) is 9.76. The van der Waals surface area contributed by atoms with Gasteiger partial charge in [0.2, 0.25) is 0 Å². The van der Waals surface area contributed by atoms with E-state index < -0.39 is 0 Å². The van der Waals surface area contributed by atoms with Gasteiger partial charge in [0.25, 0.3) is 5.56 Å². The molecule has 8 aromatic rings. The molecule has 0 aliphatic carbocycles. The van der Waals surface area contributed by atoms with Crippen molar-refractivity contribution in [2.75, 3.05) is 32.5 Å². The highest BCUT2D eigenvalue weighted by Crippen LogP contribution is 2.27. The van der Waals surface area contributed by atoms with E-state index in [2.05, 4.69) is 101 Å². The predicted molar refractivity (Wildman–Crippen MR) is 232 cm³/mol. The number of H-pyrrole nitrogens is 1. The maximum atomic E-state index is 12.2. The van der Waals surface area contributed by atoms with Crippen molar-refractivity contribution >= 4 is 52.4 Å². The van der Waals surface area contributed by atoms with E-state index in [0.717, 1.165) is 52.3 Å². The zero-order chi connectivity index (χ0) is 35.0. The molecule has 2 aromatic heterocycles. The SMILES string of the molecule is C.CN(C)CCNc1nc(-c2ccc(-c3ccccc3)cc2)nc2ccccc12.Cl.Cl.O=c1[nH]c(-c2ccc(-c3ccccc3)cc2)nc2ccccc12. The number of fused-ring (bicyclic) bond motifs is 2. The molecule has 6 aromatic carbocycles. The Balaban J connectivity index is 0.000000232. The smallest absolute Gasteiger partial charge is 0.259 e. The first-order chi connectivity index (χ1) is 25.0. The van der Waals surface area contributed by atoms with Crippen LogP contribution in [0.25, 0.3) is 66.8 Å². The van der Waals surface area contributed by atoms with Crippen molar-refractivity contribution in [3.05, 3.63) is 168 Å². The van der Waals surface area contributed by atoms with Crippen LogP contribution in [0.2, 0.25) is 0 Å². The van der Waals surface area contributed by atoms with E-state index in [0.29, 0.717) is 16.7 Å². The van der Waals surface area contributed by atoms with Crippen LogP contribution in [0.15, 0.2) is 163 Å². The number of aromatic amines is 1. The van der Waals surface area contributed by atoms with Crippen molar-refractivity contribution in [1.29, 1.82) is 0 Å². The fourth-order valence-corrected chi connectivity index (χ4v) is 5.86. The normalized spacial score (nSPS) is 10.4. The van der Waals surface area contributed by atoms with Crippen LogP contribution in [0, 0.1) is 0 Å². The Morgan fingerprint density at radius 1 is 0.519 bits per heavy atom. The Labute approximate surface area is 329 Å². The molecule has 2 heterocycles. The number of para-hydroxylation sites is 2. The number of hydrogen-bond donors (Lipinski definition) is 2. The van der Waals surface area contributed by atoms with Gasteiger partial charge >= 0.3 is 0 Å². The van der Waals surface area contributed by atoms with Crippen LogP contribution in [0.5, 0.6) is 0 Å². The van der Waals surface area contributed by atoms with Crippen LogP contribution in [-0.2, 0) is 0 Å². The van der Waals surface area contributed by atoms with Crippen molar-refractivity contribution < 1.29 is 0 Å². The maximum absolute atomic E-state index is 12.2. The molecule has 0 atom stereocenters. The molecule has 274 valence electrons. The summed E-state index contributed by atoms with van der Waals surface area (Å²) in [5.41, 5.74) is 8.15. The number of halogens is 2. The second kappa shape index (κ2) is 19.3. The zero-order valence-corrected chi connectivity index (χ0v) is 31.1. The van der Waals surface area contributed by atoms with E-state index in [1.54, 1.807) is 6.07 Å². The Kier molecular flexibility index (Phi) is 14.6. The second-order valence-electron chi connectivity index (χ2n) is 12.5. The van der Waals surface area contributed by atoms with Gasteiger partial charge in [0.1, 0.15) is 11.6 Å². The molecule has 0 aliphatic rings. The number of hydrogen-bond acceptors (Lipinski definition) is 6. The summed E-state index contributed by atoms with van der Waals surface area (Å²) in [6.07, 6.45) is 0. The fourth-order valence-electron chi connectivity index (χ4n) is 5.86. The fraction of sp³-hybridized carbons (Fsp3) is 0.111. The van der Waals surface area contributed by atoms with Crippen LogP contribution in [0.3, 0.4) is 0 Å². The summed E-state index contributed by atoms with van der Waals surface area (Å²) < 4.78 is 0. The molecule has 8 rings (SSSR count). The summed E-state index contributed by atoms with van der Waals surface area (Å²) in [5, 5.41) is 5.13. The molecule has 0 unspecified atom stereocenters. The number of nitrogens with one attached hydrogen (secondary N) is 2. The van der Waals surface area contributed by atoms with Crippen molar-refractivity contribution in [2.45, 2.75) is 7.43 Å². The van der Waals surface area contributed by atoms with Gasteiger partial charge in [0.15, 0.2) is 5.82 Å². The molecule has 0 aliphatic heterocycles. The number of rotatable bonds is 8. The zero-order valence-electron chi connectivity index (χ0n) is 29.4. The Bertz CT molecular complexity index is 2440. The molecule has 0 saturated carbocycles. The number of likely N-dealkylation sites (N-methyl/N-ethyl adjacent to an activating group) is 1. The van der Waals surface area contributed by atoms with Crippen molar-refractivity contribution in [3.8, 4) is 45.0 Å². The first-order valence-corrected chi connectivity index (χ1v) is 17.0. The lowest BCUT2D eigenvalue weighted by atomic mass is 10.0. The van der Waals surface area contributed by atoms with Crippen molar-refractivity contribution in [1.82, 2.24) is 24.8 Å². The summed E-state index contributed by atoms with van der Waals surface area (Å²) in [6, 6.07) is 52.6. The second-order valence-corrected chi connectivity index (χ2v) is 12.5. The number of benzene rings is 6. The van der Waals surface area contributed by atoms with Crippen molar-refractivity contribution in [2.24, 2.45) is 0 Å². The molecule has 9 heteroatoms. The topological polar surface area (TPSA) is 86.8 Å². The first kappa shape index (κ1) is 40.9.